The molecule has 0 fully saturated rings. The third-order valence-electron chi connectivity index (χ3n) is 4.77. The minimum atomic E-state index is 1.01. The molecule has 1 aliphatic carbocycles. The van der Waals surface area contributed by atoms with Crippen LogP contribution in [0.1, 0.15) is 17.5 Å². The standard InChI is InChI=1S/C23H16S/c1-3-9-16(10-4-1)19-15-20(17-11-5-2-6-12-17)23-22(19)18-13-7-8-14-21(18)24-23/h1-14H,15H2. The number of benzene rings is 3. The van der Waals surface area contributed by atoms with Gasteiger partial charge < -0.3 is 0 Å². The molecule has 1 heteroatoms. The number of fused-ring (bicyclic) bond motifs is 3. The van der Waals surface area contributed by atoms with Crippen LogP contribution in [0.3, 0.4) is 0 Å². The minimum Gasteiger partial charge on any atom is -0.135 e. The van der Waals surface area contributed by atoms with E-state index in [9.17, 15) is 0 Å². The molecule has 0 amide bonds. The second kappa shape index (κ2) is 5.47. The zero-order valence-electron chi connectivity index (χ0n) is 13.2. The first kappa shape index (κ1) is 13.8. The van der Waals surface area contributed by atoms with E-state index in [0.717, 1.165) is 6.42 Å². The summed E-state index contributed by atoms with van der Waals surface area (Å²) in [5, 5.41) is 2.84. The van der Waals surface area contributed by atoms with E-state index in [1.165, 1.54) is 42.1 Å². The maximum Gasteiger partial charge on any atom is 0.0399 e. The molecule has 0 saturated carbocycles. The second-order valence-electron chi connectivity index (χ2n) is 6.17. The van der Waals surface area contributed by atoms with E-state index in [1.54, 1.807) is 0 Å². The molecule has 0 unspecified atom stereocenters. The number of thiophene rings is 1. The maximum absolute atomic E-state index is 2.27. The van der Waals surface area contributed by atoms with Crippen molar-refractivity contribution in [2.24, 2.45) is 0 Å². The Morgan fingerprint density at radius 2 is 1.17 bits per heavy atom. The molecule has 0 nitrogen and oxygen atoms in total. The predicted octanol–water partition coefficient (Wildman–Crippen LogP) is 4.70. The summed E-state index contributed by atoms with van der Waals surface area (Å²) in [6.45, 7) is 0. The summed E-state index contributed by atoms with van der Waals surface area (Å²) in [4.78, 5) is 0. The van der Waals surface area contributed by atoms with Crippen LogP contribution in [-0.2, 0) is 0 Å². The molecular weight excluding hydrogens is 308 g/mol. The van der Waals surface area contributed by atoms with Crippen LogP contribution in [0.15, 0.2) is 84.9 Å². The predicted molar refractivity (Wildman–Crippen MR) is 104 cm³/mol. The zero-order chi connectivity index (χ0) is 15.9. The van der Waals surface area contributed by atoms with Crippen molar-refractivity contribution in [1.29, 1.82) is 0 Å². The van der Waals surface area contributed by atoms with Gasteiger partial charge in [0.1, 0.15) is 0 Å². The average Bonchev–Trinajstić information content (AvgIpc) is 3.20. The van der Waals surface area contributed by atoms with Gasteiger partial charge in [0.15, 0.2) is 0 Å². The van der Waals surface area contributed by atoms with Gasteiger partial charge in [0.05, 0.1) is 0 Å². The Hall–Kier alpha value is -2.64. The number of hydrogen-bond acceptors (Lipinski definition) is 1. The lowest BCUT2D eigenvalue weighted by Gasteiger charge is -2.07. The molecule has 1 aliphatic rings. The molecule has 4 aromatic rings. The maximum atomic E-state index is 2.27. The van der Waals surface area contributed by atoms with Gasteiger partial charge >= 0.3 is 0 Å². The SMILES string of the molecule is c1ccc(C2=c3sc4ccccc4c3=C(c3ccccc3)C2)cc1. The molecule has 0 N–H and O–H groups in total. The highest BCUT2D eigenvalue weighted by molar-refractivity contribution is 7.17. The van der Waals surface area contributed by atoms with E-state index in [0.29, 0.717) is 0 Å². The van der Waals surface area contributed by atoms with Crippen molar-refractivity contribution in [2.75, 3.05) is 0 Å². The van der Waals surface area contributed by atoms with Crippen molar-refractivity contribution >= 4 is 32.6 Å². The monoisotopic (exact) mass is 324 g/mol. The lowest BCUT2D eigenvalue weighted by atomic mass is 9.97. The van der Waals surface area contributed by atoms with Gasteiger partial charge in [0.25, 0.3) is 0 Å². The van der Waals surface area contributed by atoms with Crippen molar-refractivity contribution in [3.8, 4) is 0 Å². The summed E-state index contributed by atoms with van der Waals surface area (Å²) in [7, 11) is 0. The van der Waals surface area contributed by atoms with Crippen molar-refractivity contribution < 1.29 is 0 Å². The normalized spacial score (nSPS) is 13.5. The number of rotatable bonds is 2. The van der Waals surface area contributed by atoms with Gasteiger partial charge in [-0.25, -0.2) is 0 Å². The van der Waals surface area contributed by atoms with E-state index in [4.69, 9.17) is 0 Å². The average molecular weight is 324 g/mol. The molecule has 5 rings (SSSR count). The highest BCUT2D eigenvalue weighted by atomic mass is 32.1. The number of hydrogen-bond donors (Lipinski definition) is 0. The largest absolute Gasteiger partial charge is 0.135 e. The van der Waals surface area contributed by atoms with Crippen LogP contribution in [0.2, 0.25) is 0 Å². The Bertz CT molecular complexity index is 1150. The van der Waals surface area contributed by atoms with Gasteiger partial charge in [0, 0.05) is 26.3 Å². The van der Waals surface area contributed by atoms with E-state index < -0.39 is 0 Å². The third kappa shape index (κ3) is 2.05. The fourth-order valence-electron chi connectivity index (χ4n) is 3.66. The van der Waals surface area contributed by atoms with Crippen LogP contribution in [-0.4, -0.2) is 0 Å². The van der Waals surface area contributed by atoms with Gasteiger partial charge in [0.2, 0.25) is 0 Å². The van der Waals surface area contributed by atoms with E-state index in [1.807, 2.05) is 11.3 Å². The molecule has 3 aromatic carbocycles. The van der Waals surface area contributed by atoms with Crippen LogP contribution in [0.5, 0.6) is 0 Å². The Labute approximate surface area is 145 Å². The first-order chi connectivity index (χ1) is 11.9. The van der Waals surface area contributed by atoms with Gasteiger partial charge in [-0.15, -0.1) is 11.3 Å². The summed E-state index contributed by atoms with van der Waals surface area (Å²) in [6, 6.07) is 30.5. The van der Waals surface area contributed by atoms with Crippen LogP contribution in [0.4, 0.5) is 0 Å². The van der Waals surface area contributed by atoms with Crippen LogP contribution >= 0.6 is 11.3 Å². The van der Waals surface area contributed by atoms with E-state index in [2.05, 4.69) is 84.9 Å². The minimum absolute atomic E-state index is 1.01. The summed E-state index contributed by atoms with van der Waals surface area (Å²) in [5.74, 6) is 0. The molecule has 114 valence electrons. The summed E-state index contributed by atoms with van der Waals surface area (Å²) in [5.41, 5.74) is 5.61. The van der Waals surface area contributed by atoms with Crippen molar-refractivity contribution in [1.82, 2.24) is 0 Å². The molecule has 1 aromatic heterocycles. The Kier molecular flexibility index (Phi) is 3.14. The molecule has 0 aliphatic heterocycles. The fourth-order valence-corrected chi connectivity index (χ4v) is 4.96. The van der Waals surface area contributed by atoms with Crippen LogP contribution in [0.25, 0.3) is 21.2 Å². The zero-order valence-corrected chi connectivity index (χ0v) is 14.0. The van der Waals surface area contributed by atoms with Gasteiger partial charge in [-0.2, -0.15) is 0 Å². The van der Waals surface area contributed by atoms with E-state index >= 15 is 0 Å². The second-order valence-corrected chi connectivity index (χ2v) is 7.22. The molecule has 0 bridgehead atoms. The van der Waals surface area contributed by atoms with Crippen LogP contribution in [0, 0.1) is 0 Å². The summed E-state index contributed by atoms with van der Waals surface area (Å²) in [6.07, 6.45) is 1.01. The Balaban J connectivity index is 1.92. The first-order valence-electron chi connectivity index (χ1n) is 8.26. The lowest BCUT2D eigenvalue weighted by molar-refractivity contribution is 1.41. The Morgan fingerprint density at radius 1 is 0.583 bits per heavy atom. The van der Waals surface area contributed by atoms with Gasteiger partial charge in [-0.05, 0) is 28.3 Å². The van der Waals surface area contributed by atoms with Gasteiger partial charge in [-0.1, -0.05) is 78.9 Å². The summed E-state index contributed by atoms with van der Waals surface area (Å²) >= 11 is 1.93. The first-order valence-corrected chi connectivity index (χ1v) is 9.08. The topological polar surface area (TPSA) is 0 Å². The molecule has 0 saturated heterocycles. The molecular formula is C23H16S. The highest BCUT2D eigenvalue weighted by Crippen LogP contribution is 2.30. The fraction of sp³-hybridized carbons (Fsp3) is 0.0435. The molecule has 0 atom stereocenters. The lowest BCUT2D eigenvalue weighted by Crippen LogP contribution is -2.18. The van der Waals surface area contributed by atoms with Crippen LogP contribution < -0.4 is 9.75 Å². The smallest absolute Gasteiger partial charge is 0.0399 e. The highest BCUT2D eigenvalue weighted by Gasteiger charge is 2.19. The quantitative estimate of drug-likeness (QED) is 0.501. The molecule has 0 spiro atoms. The van der Waals surface area contributed by atoms with Gasteiger partial charge in [-0.3, -0.25) is 0 Å². The third-order valence-corrected chi connectivity index (χ3v) is 6.00. The van der Waals surface area contributed by atoms with Crippen molar-refractivity contribution in [2.45, 2.75) is 6.42 Å². The molecule has 0 radical (unpaired) electrons. The Morgan fingerprint density at radius 3 is 1.88 bits per heavy atom. The van der Waals surface area contributed by atoms with Crippen molar-refractivity contribution in [3.05, 3.63) is 106 Å². The van der Waals surface area contributed by atoms with E-state index in [-0.39, 0.29) is 0 Å². The summed E-state index contributed by atoms with van der Waals surface area (Å²) < 4.78 is 2.82. The molecule has 24 heavy (non-hydrogen) atoms. The molecule has 1 heterocycles. The van der Waals surface area contributed by atoms with Crippen molar-refractivity contribution in [3.63, 3.8) is 0 Å².